The van der Waals surface area contributed by atoms with Crippen LogP contribution in [0.3, 0.4) is 0 Å². The second-order valence-electron chi connectivity index (χ2n) is 12.3. The van der Waals surface area contributed by atoms with E-state index in [1.54, 1.807) is 0 Å². The van der Waals surface area contributed by atoms with Crippen LogP contribution in [0.5, 0.6) is 0 Å². The van der Waals surface area contributed by atoms with Gasteiger partial charge in [-0.3, -0.25) is 9.59 Å². The monoisotopic (exact) mass is 559 g/mol. The van der Waals surface area contributed by atoms with Gasteiger partial charge >= 0.3 is 0 Å². The van der Waals surface area contributed by atoms with Crippen LogP contribution in [-0.4, -0.2) is 11.6 Å². The quantitative estimate of drug-likeness (QED) is 0.0467. The van der Waals surface area contributed by atoms with Crippen molar-refractivity contribution in [1.29, 1.82) is 0 Å². The van der Waals surface area contributed by atoms with E-state index in [0.29, 0.717) is 12.8 Å². The van der Waals surface area contributed by atoms with E-state index < -0.39 is 5.92 Å². The third-order valence-electron chi connectivity index (χ3n) is 8.34. The molecule has 0 bridgehead atoms. The number of hydrogen-bond donors (Lipinski definition) is 0. The zero-order valence-corrected chi connectivity index (χ0v) is 27.5. The number of unbranched alkanes of at least 4 members (excludes halogenated alkanes) is 22. The zero-order valence-electron chi connectivity index (χ0n) is 27.5. The van der Waals surface area contributed by atoms with E-state index >= 15 is 0 Å². The van der Waals surface area contributed by atoms with Crippen LogP contribution in [0.2, 0.25) is 0 Å². The third-order valence-corrected chi connectivity index (χ3v) is 8.34. The summed E-state index contributed by atoms with van der Waals surface area (Å²) < 4.78 is 0. The molecule has 0 aromatic rings. The van der Waals surface area contributed by atoms with E-state index in [1.165, 1.54) is 141 Å². The number of Topliss-reactive ketones (excluding diaryl/α,β-unsaturated/α-hetero) is 2. The van der Waals surface area contributed by atoms with Crippen molar-refractivity contribution in [2.45, 2.75) is 201 Å². The molecule has 0 saturated carbocycles. The van der Waals surface area contributed by atoms with E-state index in [2.05, 4.69) is 38.2 Å². The van der Waals surface area contributed by atoms with Crippen LogP contribution in [0.25, 0.3) is 0 Å². The second kappa shape index (κ2) is 32.3. The number of carbonyl (C=O) groups excluding carboxylic acids is 2. The summed E-state index contributed by atoms with van der Waals surface area (Å²) in [6.07, 6.45) is 43.5. The molecule has 2 nitrogen and oxygen atoms in total. The van der Waals surface area contributed by atoms with Gasteiger partial charge in [0.15, 0.2) is 0 Å². The molecule has 234 valence electrons. The van der Waals surface area contributed by atoms with Crippen LogP contribution in [-0.2, 0) is 9.59 Å². The molecule has 0 aromatic carbocycles. The molecule has 0 fully saturated rings. The van der Waals surface area contributed by atoms with Gasteiger partial charge < -0.3 is 0 Å². The molecule has 0 N–H and O–H groups in total. The van der Waals surface area contributed by atoms with Crippen LogP contribution in [0, 0.1) is 5.92 Å². The molecule has 0 unspecified atom stereocenters. The largest absolute Gasteiger partial charge is 0.299 e. The number of carbonyl (C=O) groups is 2. The number of ketones is 2. The number of hydrogen-bond acceptors (Lipinski definition) is 2. The first-order valence-electron chi connectivity index (χ1n) is 18.0. The molecule has 0 heterocycles. The average molecular weight is 559 g/mol. The van der Waals surface area contributed by atoms with Crippen molar-refractivity contribution >= 4 is 11.6 Å². The van der Waals surface area contributed by atoms with Gasteiger partial charge in [0.1, 0.15) is 11.6 Å². The Kier molecular flexibility index (Phi) is 31.4. The maximum absolute atomic E-state index is 12.4. The Morgan fingerprint density at radius 3 is 0.950 bits per heavy atom. The molecule has 0 aliphatic heterocycles. The van der Waals surface area contributed by atoms with Crippen LogP contribution < -0.4 is 0 Å². The van der Waals surface area contributed by atoms with Crippen LogP contribution in [0.4, 0.5) is 0 Å². The number of rotatable bonds is 32. The predicted molar refractivity (Wildman–Crippen MR) is 178 cm³/mol. The SMILES string of the molecule is CCCCCCCC/C=C\CCCCCCCC(=O)C(C)C(=O)CCCCCCC/C=C\CCCCCCCC. The fraction of sp³-hybridized carbons (Fsp3) is 0.842. The molecule has 2 heteroatoms. The Hall–Kier alpha value is -1.18. The zero-order chi connectivity index (χ0) is 29.4. The topological polar surface area (TPSA) is 34.1 Å². The number of allylic oxidation sites excluding steroid dienone is 4. The van der Waals surface area contributed by atoms with Crippen LogP contribution in [0.15, 0.2) is 24.3 Å². The summed E-state index contributed by atoms with van der Waals surface area (Å²) in [5, 5.41) is 0. The lowest BCUT2D eigenvalue weighted by Crippen LogP contribution is -2.20. The first kappa shape index (κ1) is 38.8. The first-order valence-corrected chi connectivity index (χ1v) is 18.0. The van der Waals surface area contributed by atoms with E-state index in [-0.39, 0.29) is 11.6 Å². The minimum Gasteiger partial charge on any atom is -0.299 e. The van der Waals surface area contributed by atoms with Gasteiger partial charge in [-0.05, 0) is 71.1 Å². The average Bonchev–Trinajstić information content (AvgIpc) is 2.96. The second-order valence-corrected chi connectivity index (χ2v) is 12.3. The third kappa shape index (κ3) is 28.4. The minimum atomic E-state index is -0.395. The summed E-state index contributed by atoms with van der Waals surface area (Å²) in [5.74, 6) is -0.0701. The maximum Gasteiger partial charge on any atom is 0.143 e. The smallest absolute Gasteiger partial charge is 0.143 e. The Labute approximate surface area is 251 Å². The van der Waals surface area contributed by atoms with Crippen LogP contribution in [0.1, 0.15) is 201 Å². The molecule has 0 saturated heterocycles. The van der Waals surface area contributed by atoms with Crippen molar-refractivity contribution in [1.82, 2.24) is 0 Å². The summed E-state index contributed by atoms with van der Waals surface area (Å²) in [4.78, 5) is 24.9. The molecule has 0 aromatic heterocycles. The van der Waals surface area contributed by atoms with Crippen molar-refractivity contribution in [3.8, 4) is 0 Å². The normalized spacial score (nSPS) is 11.9. The molecule has 0 aliphatic carbocycles. The van der Waals surface area contributed by atoms with Gasteiger partial charge in [0.25, 0.3) is 0 Å². The molecular formula is C38H70O2. The van der Waals surface area contributed by atoms with Gasteiger partial charge in [0.05, 0.1) is 5.92 Å². The van der Waals surface area contributed by atoms with Gasteiger partial charge in [-0.2, -0.15) is 0 Å². The van der Waals surface area contributed by atoms with Crippen molar-refractivity contribution in [3.05, 3.63) is 24.3 Å². The molecule has 40 heavy (non-hydrogen) atoms. The Balaban J connectivity index is 3.51. The molecular weight excluding hydrogens is 488 g/mol. The fourth-order valence-corrected chi connectivity index (χ4v) is 5.35. The van der Waals surface area contributed by atoms with Gasteiger partial charge in [0.2, 0.25) is 0 Å². The molecule has 0 aliphatic rings. The lowest BCUT2D eigenvalue weighted by atomic mass is 9.93. The maximum atomic E-state index is 12.4. The van der Waals surface area contributed by atoms with Gasteiger partial charge in [-0.15, -0.1) is 0 Å². The fourth-order valence-electron chi connectivity index (χ4n) is 5.35. The summed E-state index contributed by atoms with van der Waals surface area (Å²) in [7, 11) is 0. The summed E-state index contributed by atoms with van der Waals surface area (Å²) in [5.41, 5.74) is 0. The van der Waals surface area contributed by atoms with Crippen molar-refractivity contribution < 1.29 is 9.59 Å². The summed E-state index contributed by atoms with van der Waals surface area (Å²) >= 11 is 0. The van der Waals surface area contributed by atoms with Crippen molar-refractivity contribution in [2.75, 3.05) is 0 Å². The highest BCUT2D eigenvalue weighted by molar-refractivity contribution is 6.01. The summed E-state index contributed by atoms with van der Waals surface area (Å²) in [6.45, 7) is 6.37. The van der Waals surface area contributed by atoms with Crippen molar-refractivity contribution in [3.63, 3.8) is 0 Å². The first-order chi connectivity index (χ1) is 19.6. The van der Waals surface area contributed by atoms with E-state index in [4.69, 9.17) is 0 Å². The van der Waals surface area contributed by atoms with Crippen LogP contribution >= 0.6 is 0 Å². The Morgan fingerprint density at radius 1 is 0.400 bits per heavy atom. The van der Waals surface area contributed by atoms with Gasteiger partial charge in [-0.1, -0.05) is 141 Å². The van der Waals surface area contributed by atoms with E-state index in [1.807, 2.05) is 6.92 Å². The van der Waals surface area contributed by atoms with E-state index in [9.17, 15) is 9.59 Å². The predicted octanol–water partition coefficient (Wildman–Crippen LogP) is 12.8. The van der Waals surface area contributed by atoms with Gasteiger partial charge in [0, 0.05) is 12.8 Å². The molecule has 0 atom stereocenters. The van der Waals surface area contributed by atoms with E-state index in [0.717, 1.165) is 25.7 Å². The molecule has 0 spiro atoms. The highest BCUT2D eigenvalue weighted by atomic mass is 16.1. The minimum absolute atomic E-state index is 0.162. The molecule has 0 radical (unpaired) electrons. The lowest BCUT2D eigenvalue weighted by molar-refractivity contribution is -0.132. The lowest BCUT2D eigenvalue weighted by Gasteiger charge is -2.09. The standard InChI is InChI=1S/C38H70O2/c1-4-6-8-10-12-14-16-18-20-22-24-26-28-30-32-34-37(39)36(3)38(40)35-33-31-29-27-25-23-21-19-17-15-13-11-9-7-5-2/h18-21,36H,4-17,22-35H2,1-3H3/b20-18-,21-19-. The molecule has 0 amide bonds. The Bertz CT molecular complexity index is 551. The Morgan fingerprint density at radius 2 is 0.650 bits per heavy atom. The summed E-state index contributed by atoms with van der Waals surface area (Å²) in [6, 6.07) is 0. The van der Waals surface area contributed by atoms with Crippen molar-refractivity contribution in [2.24, 2.45) is 5.92 Å². The van der Waals surface area contributed by atoms with Gasteiger partial charge in [-0.25, -0.2) is 0 Å². The highest BCUT2D eigenvalue weighted by Gasteiger charge is 2.19. The molecule has 0 rings (SSSR count). The highest BCUT2D eigenvalue weighted by Crippen LogP contribution is 2.15.